The van der Waals surface area contributed by atoms with Crippen molar-refractivity contribution in [2.45, 2.75) is 31.8 Å². The van der Waals surface area contributed by atoms with Gasteiger partial charge < -0.3 is 0 Å². The molecule has 2 aromatic rings. The molecule has 0 aliphatic heterocycles. The van der Waals surface area contributed by atoms with Crippen LogP contribution in [0.2, 0.25) is 5.02 Å². The van der Waals surface area contributed by atoms with Crippen molar-refractivity contribution in [3.05, 3.63) is 46.7 Å². The van der Waals surface area contributed by atoms with Crippen LogP contribution in [-0.2, 0) is 23.1 Å². The van der Waals surface area contributed by atoms with Gasteiger partial charge in [0.25, 0.3) is 0 Å². The van der Waals surface area contributed by atoms with E-state index in [4.69, 9.17) is 11.6 Å². The molecule has 0 radical (unpaired) electrons. The highest BCUT2D eigenvalue weighted by molar-refractivity contribution is 7.89. The van der Waals surface area contributed by atoms with E-state index in [1.165, 1.54) is 12.1 Å². The van der Waals surface area contributed by atoms with Gasteiger partial charge in [-0.15, -0.1) is 0 Å². The summed E-state index contributed by atoms with van der Waals surface area (Å²) in [4.78, 5) is 0.196. The normalized spacial score (nSPS) is 11.8. The zero-order valence-corrected chi connectivity index (χ0v) is 12.9. The smallest absolute Gasteiger partial charge is 0.240 e. The van der Waals surface area contributed by atoms with Gasteiger partial charge in [0.1, 0.15) is 0 Å². The number of nitrogens with one attached hydrogen (secondary N) is 1. The summed E-state index contributed by atoms with van der Waals surface area (Å²) in [6, 6.07) is 7.93. The van der Waals surface area contributed by atoms with E-state index in [1.807, 2.05) is 19.9 Å². The maximum atomic E-state index is 12.1. The molecule has 0 fully saturated rings. The van der Waals surface area contributed by atoms with Gasteiger partial charge in [-0.1, -0.05) is 11.6 Å². The van der Waals surface area contributed by atoms with Crippen LogP contribution in [0.1, 0.15) is 18.3 Å². The Hall–Kier alpha value is -1.37. The van der Waals surface area contributed by atoms with Crippen molar-refractivity contribution in [2.75, 3.05) is 0 Å². The summed E-state index contributed by atoms with van der Waals surface area (Å²) in [7, 11) is -3.54. The van der Waals surface area contributed by atoms with E-state index in [0.717, 1.165) is 11.4 Å². The Kier molecular flexibility index (Phi) is 4.47. The third-order valence-corrected chi connectivity index (χ3v) is 4.52. The van der Waals surface area contributed by atoms with E-state index >= 15 is 0 Å². The van der Waals surface area contributed by atoms with Crippen LogP contribution in [0.3, 0.4) is 0 Å². The number of hydrogen-bond acceptors (Lipinski definition) is 3. The average molecular weight is 314 g/mol. The minimum absolute atomic E-state index is 0.196. The van der Waals surface area contributed by atoms with Gasteiger partial charge in [-0.2, -0.15) is 5.10 Å². The number of sulfonamides is 1. The molecule has 5 nitrogen and oxygen atoms in total. The second-order valence-corrected chi connectivity index (χ2v) is 6.57. The van der Waals surface area contributed by atoms with Crippen LogP contribution in [0.5, 0.6) is 0 Å². The van der Waals surface area contributed by atoms with E-state index in [-0.39, 0.29) is 11.4 Å². The number of halogens is 1. The first-order valence-electron chi connectivity index (χ1n) is 6.21. The molecule has 2 rings (SSSR count). The van der Waals surface area contributed by atoms with Crippen LogP contribution in [0.4, 0.5) is 0 Å². The van der Waals surface area contributed by atoms with Crippen molar-refractivity contribution >= 4 is 21.6 Å². The molecule has 1 aromatic heterocycles. The minimum atomic E-state index is -3.54. The third kappa shape index (κ3) is 3.39. The summed E-state index contributed by atoms with van der Waals surface area (Å²) in [6.07, 6.45) is 0. The lowest BCUT2D eigenvalue weighted by atomic mass is 10.4. The van der Waals surface area contributed by atoms with Gasteiger partial charge in [0.2, 0.25) is 10.0 Å². The zero-order chi connectivity index (χ0) is 14.8. The first-order chi connectivity index (χ1) is 9.42. The summed E-state index contributed by atoms with van der Waals surface area (Å²) in [6.45, 7) is 4.75. The van der Waals surface area contributed by atoms with Crippen LogP contribution in [0, 0.1) is 6.92 Å². The Morgan fingerprint density at radius 2 is 1.95 bits per heavy atom. The van der Waals surface area contributed by atoms with Crippen LogP contribution in [0.25, 0.3) is 0 Å². The van der Waals surface area contributed by atoms with Gasteiger partial charge in [0, 0.05) is 11.6 Å². The second kappa shape index (κ2) is 5.95. The van der Waals surface area contributed by atoms with E-state index in [0.29, 0.717) is 11.6 Å². The van der Waals surface area contributed by atoms with E-state index in [1.54, 1.807) is 16.8 Å². The lowest BCUT2D eigenvalue weighted by Crippen LogP contribution is -2.24. The quantitative estimate of drug-likeness (QED) is 0.921. The molecule has 108 valence electrons. The summed E-state index contributed by atoms with van der Waals surface area (Å²) in [5.74, 6) is 0. The fourth-order valence-corrected chi connectivity index (χ4v) is 3.01. The summed E-state index contributed by atoms with van der Waals surface area (Å²) in [5, 5.41) is 4.78. The van der Waals surface area contributed by atoms with Crippen LogP contribution < -0.4 is 4.72 Å². The first-order valence-corrected chi connectivity index (χ1v) is 8.07. The molecule has 0 unspecified atom stereocenters. The molecular formula is C13H16ClN3O2S. The molecule has 0 spiro atoms. The van der Waals surface area contributed by atoms with Gasteiger partial charge in [-0.3, -0.25) is 4.68 Å². The maximum Gasteiger partial charge on any atom is 0.240 e. The molecule has 1 aromatic carbocycles. The number of nitrogens with zero attached hydrogens (tertiary/aromatic N) is 2. The number of benzene rings is 1. The van der Waals surface area contributed by atoms with Crippen LogP contribution >= 0.6 is 11.6 Å². The summed E-state index contributed by atoms with van der Waals surface area (Å²) < 4.78 is 28.6. The zero-order valence-electron chi connectivity index (χ0n) is 11.3. The second-order valence-electron chi connectivity index (χ2n) is 4.37. The molecule has 0 amide bonds. The first kappa shape index (κ1) is 15.0. The topological polar surface area (TPSA) is 64.0 Å². The number of rotatable bonds is 5. The molecule has 20 heavy (non-hydrogen) atoms. The lowest BCUT2D eigenvalue weighted by molar-refractivity contribution is 0.570. The monoisotopic (exact) mass is 313 g/mol. The Balaban J connectivity index is 2.15. The maximum absolute atomic E-state index is 12.1. The molecular weight excluding hydrogens is 298 g/mol. The highest BCUT2D eigenvalue weighted by Crippen LogP contribution is 2.14. The highest BCUT2D eigenvalue weighted by atomic mass is 35.5. The number of aromatic nitrogens is 2. The molecule has 1 N–H and O–H groups in total. The van der Waals surface area contributed by atoms with Crippen molar-refractivity contribution in [2.24, 2.45) is 0 Å². The SMILES string of the molecule is CCn1nc(C)cc1CNS(=O)(=O)c1ccc(Cl)cc1. The Morgan fingerprint density at radius 3 is 2.55 bits per heavy atom. The Labute approximate surface area is 123 Å². The number of hydrogen-bond donors (Lipinski definition) is 1. The van der Waals surface area contributed by atoms with Crippen molar-refractivity contribution < 1.29 is 8.42 Å². The highest BCUT2D eigenvalue weighted by Gasteiger charge is 2.14. The van der Waals surface area contributed by atoms with Gasteiger partial charge in [-0.05, 0) is 44.2 Å². The Bertz CT molecular complexity index is 693. The van der Waals surface area contributed by atoms with Crippen molar-refractivity contribution in [1.82, 2.24) is 14.5 Å². The predicted octanol–water partition coefficient (Wildman–Crippen LogP) is 2.34. The average Bonchev–Trinajstić information content (AvgIpc) is 2.77. The standard InChI is InChI=1S/C13H16ClN3O2S/c1-3-17-12(8-10(2)16-17)9-15-20(18,19)13-6-4-11(14)5-7-13/h4-8,15H,3,9H2,1-2H3. The van der Waals surface area contributed by atoms with E-state index in [2.05, 4.69) is 9.82 Å². The fraction of sp³-hybridized carbons (Fsp3) is 0.308. The molecule has 0 aliphatic carbocycles. The summed E-state index contributed by atoms with van der Waals surface area (Å²) in [5.41, 5.74) is 1.70. The predicted molar refractivity (Wildman–Crippen MR) is 78.1 cm³/mol. The Morgan fingerprint density at radius 1 is 1.30 bits per heavy atom. The molecule has 0 atom stereocenters. The van der Waals surface area contributed by atoms with Crippen molar-refractivity contribution in [1.29, 1.82) is 0 Å². The molecule has 7 heteroatoms. The van der Waals surface area contributed by atoms with Crippen molar-refractivity contribution in [3.63, 3.8) is 0 Å². The molecule has 0 bridgehead atoms. The van der Waals surface area contributed by atoms with Gasteiger partial charge >= 0.3 is 0 Å². The minimum Gasteiger partial charge on any atom is -0.268 e. The lowest BCUT2D eigenvalue weighted by Gasteiger charge is -2.08. The van der Waals surface area contributed by atoms with Crippen LogP contribution in [-0.4, -0.2) is 18.2 Å². The van der Waals surface area contributed by atoms with Crippen LogP contribution in [0.15, 0.2) is 35.2 Å². The molecule has 0 saturated heterocycles. The van der Waals surface area contributed by atoms with Gasteiger partial charge in [-0.25, -0.2) is 13.1 Å². The summed E-state index contributed by atoms with van der Waals surface area (Å²) >= 11 is 5.75. The molecule has 0 saturated carbocycles. The van der Waals surface area contributed by atoms with Crippen molar-refractivity contribution in [3.8, 4) is 0 Å². The fourth-order valence-electron chi connectivity index (χ4n) is 1.88. The van der Waals surface area contributed by atoms with E-state index in [9.17, 15) is 8.42 Å². The van der Waals surface area contributed by atoms with Gasteiger partial charge in [0.15, 0.2) is 0 Å². The largest absolute Gasteiger partial charge is 0.268 e. The molecule has 0 aliphatic rings. The van der Waals surface area contributed by atoms with E-state index < -0.39 is 10.0 Å². The third-order valence-electron chi connectivity index (χ3n) is 2.85. The molecule has 1 heterocycles. The number of aryl methyl sites for hydroxylation is 2. The van der Waals surface area contributed by atoms with Gasteiger partial charge in [0.05, 0.1) is 22.8 Å².